The highest BCUT2D eigenvalue weighted by Crippen LogP contribution is 2.37. The van der Waals surface area contributed by atoms with Gasteiger partial charge in [0.1, 0.15) is 4.75 Å². The Morgan fingerprint density at radius 3 is 2.33 bits per heavy atom. The molecule has 1 aliphatic carbocycles. The van der Waals surface area contributed by atoms with Crippen LogP contribution in [0.4, 0.5) is 4.79 Å². The highest BCUT2D eigenvalue weighted by atomic mass is 32.2. The fourth-order valence-electron chi connectivity index (χ4n) is 2.87. The Morgan fingerprint density at radius 2 is 1.90 bits per heavy atom. The van der Waals surface area contributed by atoms with Crippen LogP contribution in [0.1, 0.15) is 52.9 Å². The molecule has 2 fully saturated rings. The molecule has 122 valence electrons. The quantitative estimate of drug-likeness (QED) is 0.764. The Bertz CT molecular complexity index is 360. The molecule has 1 saturated carbocycles. The molecule has 0 aromatic rings. The van der Waals surface area contributed by atoms with Crippen molar-refractivity contribution in [1.29, 1.82) is 0 Å². The Balaban J connectivity index is 1.82. The molecule has 2 aliphatic rings. The minimum absolute atomic E-state index is 0.236. The van der Waals surface area contributed by atoms with E-state index in [1.54, 1.807) is 0 Å². The number of carboxylic acid groups (broad SMARTS) is 1. The zero-order valence-corrected chi connectivity index (χ0v) is 14.1. The van der Waals surface area contributed by atoms with E-state index in [4.69, 9.17) is 5.11 Å². The van der Waals surface area contributed by atoms with Gasteiger partial charge in [0, 0.05) is 24.5 Å². The van der Waals surface area contributed by atoms with E-state index in [-0.39, 0.29) is 4.75 Å². The van der Waals surface area contributed by atoms with E-state index in [0.29, 0.717) is 31.0 Å². The number of hydrogen-bond donors (Lipinski definition) is 2. The molecule has 0 radical (unpaired) electrons. The molecule has 0 aromatic heterocycles. The summed E-state index contributed by atoms with van der Waals surface area (Å²) in [5.74, 6) is 1.21. The highest BCUT2D eigenvalue weighted by Gasteiger charge is 2.39. The minimum atomic E-state index is -1.02. The number of carbonyl (C=O) groups is 1. The van der Waals surface area contributed by atoms with E-state index in [1.807, 2.05) is 20.8 Å². The predicted octanol–water partition coefficient (Wildman–Crippen LogP) is 2.60. The highest BCUT2D eigenvalue weighted by molar-refractivity contribution is 7.90. The topological polar surface area (TPSA) is 75.6 Å². The number of hydrogen-bond acceptors (Lipinski definition) is 3. The van der Waals surface area contributed by atoms with Gasteiger partial charge >= 0.3 is 6.09 Å². The van der Waals surface area contributed by atoms with Gasteiger partial charge in [-0.25, -0.2) is 4.79 Å². The molecule has 1 aliphatic heterocycles. The molecule has 1 amide bonds. The molecule has 6 heteroatoms. The first-order chi connectivity index (χ1) is 9.77. The van der Waals surface area contributed by atoms with E-state index >= 15 is 0 Å². The predicted molar refractivity (Wildman–Crippen MR) is 84.5 cm³/mol. The van der Waals surface area contributed by atoms with Crippen molar-refractivity contribution in [2.45, 2.75) is 63.7 Å². The molecule has 0 bridgehead atoms. The lowest BCUT2D eigenvalue weighted by Crippen LogP contribution is -2.47. The number of likely N-dealkylation sites (tertiary alicyclic amines) is 1. The first-order valence-electron chi connectivity index (χ1n) is 7.93. The van der Waals surface area contributed by atoms with Gasteiger partial charge in [0.25, 0.3) is 0 Å². The summed E-state index contributed by atoms with van der Waals surface area (Å²) in [5.41, 5.74) is 0. The van der Waals surface area contributed by atoms with E-state index in [0.717, 1.165) is 19.3 Å². The maximum absolute atomic E-state index is 12.3. The summed E-state index contributed by atoms with van der Waals surface area (Å²) >= 11 is -1.02. The monoisotopic (exact) mass is 316 g/mol. The van der Waals surface area contributed by atoms with Gasteiger partial charge in [-0.1, -0.05) is 0 Å². The van der Waals surface area contributed by atoms with Crippen molar-refractivity contribution in [2.75, 3.05) is 13.1 Å². The fraction of sp³-hybridized carbons (Fsp3) is 0.933. The molecule has 2 N–H and O–H groups in total. The largest absolute Gasteiger partial charge is 0.598 e. The Morgan fingerprint density at radius 1 is 1.33 bits per heavy atom. The van der Waals surface area contributed by atoms with Crippen LogP contribution in [0.3, 0.4) is 0 Å². The molecule has 1 saturated heterocycles. The molecule has 1 heterocycles. The van der Waals surface area contributed by atoms with Gasteiger partial charge in [0.05, 0.1) is 6.04 Å². The average molecular weight is 316 g/mol. The molecular formula is C15H28N2O3S. The molecule has 2 unspecified atom stereocenters. The van der Waals surface area contributed by atoms with Crippen LogP contribution in [-0.2, 0) is 11.4 Å². The zero-order valence-electron chi connectivity index (χ0n) is 13.3. The van der Waals surface area contributed by atoms with Crippen molar-refractivity contribution < 1.29 is 14.5 Å². The van der Waals surface area contributed by atoms with E-state index in [2.05, 4.69) is 4.72 Å². The number of nitrogens with one attached hydrogen (secondary N) is 1. The third-order valence-corrected chi connectivity index (χ3v) is 6.11. The lowest BCUT2D eigenvalue weighted by molar-refractivity contribution is 0.121. The van der Waals surface area contributed by atoms with Gasteiger partial charge in [0.15, 0.2) is 0 Å². The lowest BCUT2D eigenvalue weighted by Gasteiger charge is -2.33. The van der Waals surface area contributed by atoms with Gasteiger partial charge in [-0.3, -0.25) is 0 Å². The number of piperidine rings is 1. The summed E-state index contributed by atoms with van der Waals surface area (Å²) in [7, 11) is 0. The summed E-state index contributed by atoms with van der Waals surface area (Å²) in [6.45, 7) is 7.25. The normalized spacial score (nSPS) is 23.9. The van der Waals surface area contributed by atoms with Crippen molar-refractivity contribution in [1.82, 2.24) is 9.62 Å². The Kier molecular flexibility index (Phi) is 5.43. The van der Waals surface area contributed by atoms with E-state index < -0.39 is 17.5 Å². The maximum atomic E-state index is 12.3. The van der Waals surface area contributed by atoms with Crippen LogP contribution in [0, 0.1) is 11.8 Å². The first-order valence-corrected chi connectivity index (χ1v) is 9.08. The molecule has 2 rings (SSSR count). The minimum Gasteiger partial charge on any atom is -0.598 e. The smallest absolute Gasteiger partial charge is 0.407 e. The summed E-state index contributed by atoms with van der Waals surface area (Å²) in [5, 5.41) is 8.99. The van der Waals surface area contributed by atoms with E-state index in [9.17, 15) is 9.35 Å². The Hall–Kier alpha value is -0.460. The van der Waals surface area contributed by atoms with Crippen LogP contribution in [0.5, 0.6) is 0 Å². The molecule has 21 heavy (non-hydrogen) atoms. The van der Waals surface area contributed by atoms with Gasteiger partial charge in [-0.05, 0) is 64.7 Å². The van der Waals surface area contributed by atoms with Crippen LogP contribution in [0.25, 0.3) is 0 Å². The number of rotatable bonds is 5. The SMILES string of the molecule is CC(C)(C)[S+]([O-])NC(CC1CCN(C(=O)O)CC1)C1CC1. The second kappa shape index (κ2) is 6.75. The summed E-state index contributed by atoms with van der Waals surface area (Å²) in [6.07, 6.45) is 4.54. The third kappa shape index (κ3) is 5.04. The van der Waals surface area contributed by atoms with Crippen LogP contribution < -0.4 is 4.72 Å². The van der Waals surface area contributed by atoms with Gasteiger partial charge in [-0.2, -0.15) is 0 Å². The molecule has 0 spiro atoms. The maximum Gasteiger partial charge on any atom is 0.407 e. The van der Waals surface area contributed by atoms with Gasteiger partial charge < -0.3 is 14.6 Å². The van der Waals surface area contributed by atoms with Crippen LogP contribution in [0.2, 0.25) is 0 Å². The Labute approximate surface area is 130 Å². The van der Waals surface area contributed by atoms with Crippen LogP contribution >= 0.6 is 0 Å². The molecule has 2 atom stereocenters. The van der Waals surface area contributed by atoms with Crippen molar-refractivity contribution in [3.05, 3.63) is 0 Å². The summed E-state index contributed by atoms with van der Waals surface area (Å²) in [6, 6.07) is 0.325. The van der Waals surface area contributed by atoms with Crippen molar-refractivity contribution in [3.8, 4) is 0 Å². The van der Waals surface area contributed by atoms with Crippen molar-refractivity contribution in [3.63, 3.8) is 0 Å². The second-order valence-corrected chi connectivity index (χ2v) is 9.39. The fourth-order valence-corrected chi connectivity index (χ4v) is 3.79. The van der Waals surface area contributed by atoms with Crippen LogP contribution in [-0.4, -0.2) is 44.5 Å². The van der Waals surface area contributed by atoms with Gasteiger partial charge in [0.2, 0.25) is 0 Å². The second-order valence-electron chi connectivity index (χ2n) is 7.39. The van der Waals surface area contributed by atoms with E-state index in [1.165, 1.54) is 17.7 Å². The average Bonchev–Trinajstić information content (AvgIpc) is 3.21. The first kappa shape index (κ1) is 16.9. The number of nitrogens with zero attached hydrogens (tertiary/aromatic N) is 1. The van der Waals surface area contributed by atoms with Crippen LogP contribution in [0.15, 0.2) is 0 Å². The summed E-state index contributed by atoms with van der Waals surface area (Å²) < 4.78 is 15.4. The van der Waals surface area contributed by atoms with Gasteiger partial charge in [-0.15, -0.1) is 4.72 Å². The summed E-state index contributed by atoms with van der Waals surface area (Å²) in [4.78, 5) is 12.4. The molecule has 0 aromatic carbocycles. The molecule has 5 nitrogen and oxygen atoms in total. The number of amides is 1. The standard InChI is InChI=1S/C15H28N2O3S/c1-15(2,3)21(20)16-13(12-4-5-12)10-11-6-8-17(9-7-11)14(18)19/h11-13,16H,4-10H2,1-3H3,(H,18,19). The lowest BCUT2D eigenvalue weighted by atomic mass is 9.89. The van der Waals surface area contributed by atoms with Crippen molar-refractivity contribution in [2.24, 2.45) is 11.8 Å². The third-order valence-electron chi connectivity index (χ3n) is 4.48. The van der Waals surface area contributed by atoms with Crippen molar-refractivity contribution >= 4 is 17.5 Å². The zero-order chi connectivity index (χ0) is 15.6. The molecular weight excluding hydrogens is 288 g/mol.